The third-order valence-corrected chi connectivity index (χ3v) is 6.64. The lowest BCUT2D eigenvalue weighted by Crippen LogP contribution is -2.49. The minimum absolute atomic E-state index is 0.181. The van der Waals surface area contributed by atoms with Crippen LogP contribution in [-0.2, 0) is 4.74 Å². The van der Waals surface area contributed by atoms with Gasteiger partial charge in [0.15, 0.2) is 0 Å². The molecular weight excluding hydrogens is 404 g/mol. The predicted octanol–water partition coefficient (Wildman–Crippen LogP) is 2.45. The number of amides is 1. The summed E-state index contributed by atoms with van der Waals surface area (Å²) >= 11 is 6.23. The van der Waals surface area contributed by atoms with Crippen LogP contribution >= 0.6 is 11.6 Å². The standard InChI is InChI=1S/C22H29ClN4O3/c23-18-12-17(20-16(19(18)24)2-1-7-25-20)21(28)26-13-15-3-8-27(9-4-15)14-22(29)5-10-30-11-6-22/h1-2,7,12,15,29H,3-6,8-11,13-14,24H2,(H,26,28). The van der Waals surface area contributed by atoms with Gasteiger partial charge in [-0.2, -0.15) is 0 Å². The zero-order chi connectivity index (χ0) is 21.1. The monoisotopic (exact) mass is 432 g/mol. The van der Waals surface area contributed by atoms with E-state index in [1.807, 2.05) is 6.07 Å². The average Bonchev–Trinajstić information content (AvgIpc) is 2.76. The molecule has 4 N–H and O–H groups in total. The molecule has 2 aliphatic heterocycles. The number of piperidine rings is 1. The number of anilines is 1. The number of aliphatic hydroxyl groups is 1. The molecule has 0 radical (unpaired) electrons. The molecule has 7 nitrogen and oxygen atoms in total. The normalized spacial score (nSPS) is 20.3. The van der Waals surface area contributed by atoms with Gasteiger partial charge >= 0.3 is 0 Å². The molecule has 2 aliphatic rings. The van der Waals surface area contributed by atoms with E-state index < -0.39 is 5.60 Å². The highest BCUT2D eigenvalue weighted by Crippen LogP contribution is 2.30. The van der Waals surface area contributed by atoms with Crippen LogP contribution in [0.5, 0.6) is 0 Å². The van der Waals surface area contributed by atoms with Gasteiger partial charge in [-0.15, -0.1) is 0 Å². The van der Waals surface area contributed by atoms with Crippen LogP contribution in [0.15, 0.2) is 24.4 Å². The van der Waals surface area contributed by atoms with Crippen LogP contribution in [0, 0.1) is 5.92 Å². The van der Waals surface area contributed by atoms with E-state index >= 15 is 0 Å². The Balaban J connectivity index is 1.31. The van der Waals surface area contributed by atoms with Gasteiger partial charge in [0, 0.05) is 50.7 Å². The first-order valence-corrected chi connectivity index (χ1v) is 11.0. The molecule has 4 rings (SSSR count). The SMILES string of the molecule is Nc1c(Cl)cc(C(=O)NCC2CCN(CC3(O)CCOCC3)CC2)c2ncccc12. The number of β-amino-alcohol motifs (C(OH)–C–C–N with tert-alkyl or cyclic N) is 1. The maximum Gasteiger partial charge on any atom is 0.253 e. The van der Waals surface area contributed by atoms with Crippen LogP contribution in [0.3, 0.4) is 0 Å². The topological polar surface area (TPSA) is 101 Å². The lowest BCUT2D eigenvalue weighted by molar-refractivity contribution is -0.0829. The summed E-state index contributed by atoms with van der Waals surface area (Å²) in [4.78, 5) is 19.5. The van der Waals surface area contributed by atoms with Gasteiger partial charge in [-0.05, 0) is 50.0 Å². The van der Waals surface area contributed by atoms with Crippen LogP contribution in [-0.4, -0.2) is 65.9 Å². The molecule has 3 heterocycles. The maximum absolute atomic E-state index is 12.8. The number of nitrogens with two attached hydrogens (primary N) is 1. The minimum Gasteiger partial charge on any atom is -0.397 e. The number of hydrogen-bond donors (Lipinski definition) is 3. The molecule has 2 saturated heterocycles. The number of likely N-dealkylation sites (tertiary alicyclic amines) is 1. The fourth-order valence-corrected chi connectivity index (χ4v) is 4.63. The summed E-state index contributed by atoms with van der Waals surface area (Å²) in [6.07, 6.45) is 5.04. The second kappa shape index (κ2) is 9.06. The Kier molecular flexibility index (Phi) is 6.43. The van der Waals surface area contributed by atoms with Crippen molar-refractivity contribution in [3.63, 3.8) is 0 Å². The van der Waals surface area contributed by atoms with Crippen molar-refractivity contribution in [3.05, 3.63) is 35.0 Å². The number of hydrogen-bond acceptors (Lipinski definition) is 6. The van der Waals surface area contributed by atoms with Crippen molar-refractivity contribution in [2.75, 3.05) is 45.1 Å². The van der Waals surface area contributed by atoms with Gasteiger partial charge in [0.1, 0.15) is 0 Å². The molecule has 30 heavy (non-hydrogen) atoms. The van der Waals surface area contributed by atoms with Crippen LogP contribution in [0.4, 0.5) is 5.69 Å². The highest BCUT2D eigenvalue weighted by molar-refractivity contribution is 6.35. The Morgan fingerprint density at radius 1 is 1.37 bits per heavy atom. The molecule has 8 heteroatoms. The molecule has 2 fully saturated rings. The van der Waals surface area contributed by atoms with Gasteiger partial charge in [0.05, 0.1) is 27.4 Å². The number of nitrogen functional groups attached to an aromatic ring is 1. The van der Waals surface area contributed by atoms with Crippen molar-refractivity contribution in [2.24, 2.45) is 5.92 Å². The van der Waals surface area contributed by atoms with E-state index in [-0.39, 0.29) is 5.91 Å². The largest absolute Gasteiger partial charge is 0.397 e. The molecule has 1 amide bonds. The lowest BCUT2D eigenvalue weighted by atomic mass is 9.91. The van der Waals surface area contributed by atoms with Crippen molar-refractivity contribution in [1.82, 2.24) is 15.2 Å². The quantitative estimate of drug-likeness (QED) is 0.627. The molecule has 0 aliphatic carbocycles. The molecule has 162 valence electrons. The zero-order valence-electron chi connectivity index (χ0n) is 17.1. The van der Waals surface area contributed by atoms with Gasteiger partial charge in [0.2, 0.25) is 0 Å². The Bertz CT molecular complexity index is 909. The Morgan fingerprint density at radius 2 is 2.10 bits per heavy atom. The summed E-state index contributed by atoms with van der Waals surface area (Å²) in [6.45, 7) is 4.46. The van der Waals surface area contributed by atoms with Crippen LogP contribution in [0.1, 0.15) is 36.0 Å². The highest BCUT2D eigenvalue weighted by Gasteiger charge is 2.33. The average molecular weight is 433 g/mol. The molecule has 0 unspecified atom stereocenters. The lowest BCUT2D eigenvalue weighted by Gasteiger charge is -2.39. The first kappa shape index (κ1) is 21.3. The number of carbonyl (C=O) groups excluding carboxylic acids is 1. The fraction of sp³-hybridized carbons (Fsp3) is 0.545. The number of carbonyl (C=O) groups is 1. The van der Waals surface area contributed by atoms with E-state index in [4.69, 9.17) is 22.1 Å². The van der Waals surface area contributed by atoms with Crippen molar-refractivity contribution < 1.29 is 14.6 Å². The van der Waals surface area contributed by atoms with E-state index in [2.05, 4.69) is 15.2 Å². The molecule has 2 aromatic rings. The third kappa shape index (κ3) is 4.70. The van der Waals surface area contributed by atoms with Gasteiger partial charge in [-0.3, -0.25) is 9.78 Å². The molecule has 0 saturated carbocycles. The minimum atomic E-state index is -0.623. The molecular formula is C22H29ClN4O3. The van der Waals surface area contributed by atoms with Crippen molar-refractivity contribution >= 4 is 34.1 Å². The van der Waals surface area contributed by atoms with Crippen molar-refractivity contribution in [2.45, 2.75) is 31.3 Å². The van der Waals surface area contributed by atoms with E-state index in [9.17, 15) is 9.90 Å². The first-order valence-electron chi connectivity index (χ1n) is 10.6. The van der Waals surface area contributed by atoms with E-state index in [0.717, 1.165) is 25.9 Å². The third-order valence-electron chi connectivity index (χ3n) is 6.33. The van der Waals surface area contributed by atoms with E-state index in [1.54, 1.807) is 18.3 Å². The number of pyridine rings is 1. The fourth-order valence-electron chi connectivity index (χ4n) is 4.42. The van der Waals surface area contributed by atoms with E-state index in [1.165, 1.54) is 0 Å². The van der Waals surface area contributed by atoms with Gasteiger partial charge in [-0.25, -0.2) is 0 Å². The van der Waals surface area contributed by atoms with Gasteiger partial charge in [0.25, 0.3) is 5.91 Å². The predicted molar refractivity (Wildman–Crippen MR) is 118 cm³/mol. The molecule has 0 bridgehead atoms. The number of nitrogens with zero attached hydrogens (tertiary/aromatic N) is 2. The zero-order valence-corrected chi connectivity index (χ0v) is 17.8. The summed E-state index contributed by atoms with van der Waals surface area (Å²) in [6, 6.07) is 5.20. The number of nitrogens with one attached hydrogen (secondary N) is 1. The summed E-state index contributed by atoms with van der Waals surface area (Å²) in [5.74, 6) is 0.234. The molecule has 1 aromatic heterocycles. The second-order valence-electron chi connectivity index (χ2n) is 8.49. The molecule has 0 spiro atoms. The molecule has 1 aromatic carbocycles. The summed E-state index contributed by atoms with van der Waals surface area (Å²) in [5, 5.41) is 14.8. The summed E-state index contributed by atoms with van der Waals surface area (Å²) < 4.78 is 5.36. The smallest absolute Gasteiger partial charge is 0.253 e. The van der Waals surface area contributed by atoms with Gasteiger partial charge < -0.3 is 25.8 Å². The second-order valence-corrected chi connectivity index (χ2v) is 8.89. The number of fused-ring (bicyclic) bond motifs is 1. The number of aromatic nitrogens is 1. The Hall–Kier alpha value is -1.93. The van der Waals surface area contributed by atoms with Crippen molar-refractivity contribution in [1.29, 1.82) is 0 Å². The number of halogens is 1. The van der Waals surface area contributed by atoms with Crippen molar-refractivity contribution in [3.8, 4) is 0 Å². The van der Waals surface area contributed by atoms with E-state index in [0.29, 0.717) is 72.2 Å². The van der Waals surface area contributed by atoms with Crippen LogP contribution in [0.2, 0.25) is 5.02 Å². The van der Waals surface area contributed by atoms with Crippen LogP contribution in [0.25, 0.3) is 10.9 Å². The number of benzene rings is 1. The van der Waals surface area contributed by atoms with Crippen LogP contribution < -0.4 is 11.1 Å². The maximum atomic E-state index is 12.8. The van der Waals surface area contributed by atoms with Gasteiger partial charge in [-0.1, -0.05) is 11.6 Å². The number of rotatable bonds is 5. The Labute approximate surface area is 181 Å². The first-order chi connectivity index (χ1) is 14.5. The highest BCUT2D eigenvalue weighted by atomic mass is 35.5. The Morgan fingerprint density at radius 3 is 2.83 bits per heavy atom. The summed E-state index contributed by atoms with van der Waals surface area (Å²) in [5.41, 5.74) is 6.87. The summed E-state index contributed by atoms with van der Waals surface area (Å²) in [7, 11) is 0. The number of ether oxygens (including phenoxy) is 1. The molecule has 0 atom stereocenters.